The molecule has 0 aliphatic carbocycles. The lowest BCUT2D eigenvalue weighted by molar-refractivity contribution is 0.476. The van der Waals surface area contributed by atoms with Crippen LogP contribution in [0.25, 0.3) is 21.6 Å². The molecule has 3 heterocycles. The SMILES string of the molecule is CC(C)c1cc(C(C)C)c(S(=O)(=O)Oc2nc(-c3ccncc3)nc3ccsc23)c(C(C)C)c1. The summed E-state index contributed by atoms with van der Waals surface area (Å²) in [5.74, 6) is 0.724. The van der Waals surface area contributed by atoms with Gasteiger partial charge in [-0.2, -0.15) is 13.4 Å². The first-order valence-electron chi connectivity index (χ1n) is 11.4. The summed E-state index contributed by atoms with van der Waals surface area (Å²) in [5.41, 5.74) is 4.02. The Labute approximate surface area is 205 Å². The molecule has 0 aliphatic rings. The molecule has 0 bridgehead atoms. The number of benzene rings is 1. The van der Waals surface area contributed by atoms with E-state index < -0.39 is 10.1 Å². The lowest BCUT2D eigenvalue weighted by atomic mass is 9.89. The van der Waals surface area contributed by atoms with E-state index in [2.05, 4.69) is 28.8 Å². The molecule has 0 saturated carbocycles. The molecule has 0 atom stereocenters. The van der Waals surface area contributed by atoms with Gasteiger partial charge in [-0.05, 0) is 58.0 Å². The smallest absolute Gasteiger partial charge is 0.341 e. The Morgan fingerprint density at radius 1 is 0.853 bits per heavy atom. The van der Waals surface area contributed by atoms with Gasteiger partial charge < -0.3 is 4.18 Å². The van der Waals surface area contributed by atoms with Crippen molar-refractivity contribution in [2.75, 3.05) is 0 Å². The third-order valence-corrected chi connectivity index (χ3v) is 7.97. The Balaban J connectivity index is 1.90. The number of rotatable bonds is 7. The van der Waals surface area contributed by atoms with Crippen LogP contribution in [0.1, 0.15) is 76.0 Å². The maximum absolute atomic E-state index is 13.9. The van der Waals surface area contributed by atoms with E-state index >= 15 is 0 Å². The monoisotopic (exact) mass is 495 g/mol. The highest BCUT2D eigenvalue weighted by atomic mass is 32.2. The molecule has 0 radical (unpaired) electrons. The molecule has 0 unspecified atom stereocenters. The zero-order chi connectivity index (χ0) is 24.6. The van der Waals surface area contributed by atoms with Gasteiger partial charge in [-0.3, -0.25) is 4.98 Å². The number of nitrogens with zero attached hydrogens (tertiary/aromatic N) is 3. The van der Waals surface area contributed by atoms with Crippen LogP contribution in [0, 0.1) is 0 Å². The van der Waals surface area contributed by atoms with Gasteiger partial charge in [0.1, 0.15) is 9.60 Å². The number of hydrogen-bond acceptors (Lipinski definition) is 7. The highest BCUT2D eigenvalue weighted by molar-refractivity contribution is 7.87. The fourth-order valence-electron chi connectivity index (χ4n) is 3.85. The lowest BCUT2D eigenvalue weighted by Crippen LogP contribution is -2.18. The summed E-state index contributed by atoms with van der Waals surface area (Å²) in [6.07, 6.45) is 3.29. The van der Waals surface area contributed by atoms with Crippen LogP contribution in [0.3, 0.4) is 0 Å². The molecular formula is C26H29N3O3S2. The number of aromatic nitrogens is 3. The van der Waals surface area contributed by atoms with Crippen molar-refractivity contribution in [3.63, 3.8) is 0 Å². The van der Waals surface area contributed by atoms with Crippen LogP contribution in [-0.4, -0.2) is 23.4 Å². The lowest BCUT2D eigenvalue weighted by Gasteiger charge is -2.22. The van der Waals surface area contributed by atoms with Crippen molar-refractivity contribution >= 4 is 31.7 Å². The van der Waals surface area contributed by atoms with Gasteiger partial charge in [0.15, 0.2) is 5.82 Å². The molecule has 1 aromatic carbocycles. The first-order chi connectivity index (χ1) is 16.1. The summed E-state index contributed by atoms with van der Waals surface area (Å²) in [6, 6.07) is 9.40. The summed E-state index contributed by atoms with van der Waals surface area (Å²) >= 11 is 1.35. The van der Waals surface area contributed by atoms with Crippen LogP contribution in [0.2, 0.25) is 0 Å². The van der Waals surface area contributed by atoms with E-state index in [0.717, 1.165) is 22.3 Å². The fraction of sp³-hybridized carbons (Fsp3) is 0.346. The van der Waals surface area contributed by atoms with Crippen molar-refractivity contribution in [2.45, 2.75) is 64.2 Å². The third kappa shape index (κ3) is 4.70. The highest BCUT2D eigenvalue weighted by Crippen LogP contribution is 2.38. The Kier molecular flexibility index (Phi) is 6.73. The van der Waals surface area contributed by atoms with Crippen LogP contribution in [-0.2, 0) is 10.1 Å². The molecule has 4 rings (SSSR count). The largest absolute Gasteiger partial charge is 0.356 e. The van der Waals surface area contributed by atoms with Gasteiger partial charge in [0.2, 0.25) is 0 Å². The minimum absolute atomic E-state index is 0.00381. The van der Waals surface area contributed by atoms with Crippen molar-refractivity contribution in [2.24, 2.45) is 0 Å². The van der Waals surface area contributed by atoms with Gasteiger partial charge in [-0.15, -0.1) is 11.3 Å². The van der Waals surface area contributed by atoms with Crippen LogP contribution < -0.4 is 4.18 Å². The molecule has 34 heavy (non-hydrogen) atoms. The van der Waals surface area contributed by atoms with E-state index in [1.807, 2.05) is 51.3 Å². The first-order valence-corrected chi connectivity index (χ1v) is 13.6. The minimum atomic E-state index is -4.17. The van der Waals surface area contributed by atoms with Crippen molar-refractivity contribution in [1.29, 1.82) is 0 Å². The van der Waals surface area contributed by atoms with Gasteiger partial charge >= 0.3 is 10.1 Å². The summed E-state index contributed by atoms with van der Waals surface area (Å²) in [6.45, 7) is 12.3. The van der Waals surface area contributed by atoms with Gasteiger partial charge in [0.25, 0.3) is 5.88 Å². The number of hydrogen-bond donors (Lipinski definition) is 0. The summed E-state index contributed by atoms with van der Waals surface area (Å²) < 4.78 is 34.1. The minimum Gasteiger partial charge on any atom is -0.356 e. The van der Waals surface area contributed by atoms with Crippen molar-refractivity contribution < 1.29 is 12.6 Å². The number of thiophene rings is 1. The molecule has 0 fully saturated rings. The molecule has 0 saturated heterocycles. The van der Waals surface area contributed by atoms with Crippen LogP contribution in [0.5, 0.6) is 5.88 Å². The van der Waals surface area contributed by atoms with Gasteiger partial charge in [0.05, 0.1) is 5.52 Å². The molecule has 0 N–H and O–H groups in total. The maximum Gasteiger partial charge on any atom is 0.341 e. The van der Waals surface area contributed by atoms with Crippen LogP contribution in [0.4, 0.5) is 0 Å². The normalized spacial score (nSPS) is 12.3. The molecule has 0 aliphatic heterocycles. The van der Waals surface area contributed by atoms with Crippen LogP contribution in [0.15, 0.2) is 53.0 Å². The highest BCUT2D eigenvalue weighted by Gasteiger charge is 2.30. The summed E-state index contributed by atoms with van der Waals surface area (Å²) in [4.78, 5) is 13.4. The molecule has 3 aromatic heterocycles. The first kappa shape index (κ1) is 24.3. The molecule has 0 spiro atoms. The quantitative estimate of drug-likeness (QED) is 0.260. The fourth-order valence-corrected chi connectivity index (χ4v) is 6.23. The predicted octanol–water partition coefficient (Wildman–Crippen LogP) is 6.89. The van der Waals surface area contributed by atoms with E-state index in [4.69, 9.17) is 4.18 Å². The van der Waals surface area contributed by atoms with E-state index in [1.54, 1.807) is 24.5 Å². The number of fused-ring (bicyclic) bond motifs is 1. The molecular weight excluding hydrogens is 466 g/mol. The van der Waals surface area contributed by atoms with E-state index in [1.165, 1.54) is 11.3 Å². The van der Waals surface area contributed by atoms with Crippen molar-refractivity contribution in [1.82, 2.24) is 15.0 Å². The Bertz CT molecular complexity index is 1400. The van der Waals surface area contributed by atoms with E-state index in [0.29, 0.717) is 16.0 Å². The van der Waals surface area contributed by atoms with E-state index in [-0.39, 0.29) is 28.5 Å². The second-order valence-electron chi connectivity index (χ2n) is 9.25. The van der Waals surface area contributed by atoms with Crippen molar-refractivity contribution in [3.8, 4) is 17.3 Å². The molecule has 178 valence electrons. The van der Waals surface area contributed by atoms with Crippen LogP contribution >= 0.6 is 11.3 Å². The second kappa shape index (κ2) is 9.43. The zero-order valence-electron chi connectivity index (χ0n) is 20.2. The van der Waals surface area contributed by atoms with E-state index in [9.17, 15) is 8.42 Å². The second-order valence-corrected chi connectivity index (χ2v) is 11.7. The standard InChI is InChI=1S/C26H29N3O3S2/c1-15(2)19-13-20(16(3)4)24(21(14-19)17(5)6)34(30,31)32-26-23-22(9-12-33-23)28-25(29-26)18-7-10-27-11-8-18/h7-17H,1-6H3. The van der Waals surface area contributed by atoms with Gasteiger partial charge in [-0.1, -0.05) is 53.7 Å². The average Bonchev–Trinajstić information content (AvgIpc) is 3.27. The zero-order valence-corrected chi connectivity index (χ0v) is 21.9. The summed E-state index contributed by atoms with van der Waals surface area (Å²) in [7, 11) is -4.17. The van der Waals surface area contributed by atoms with Crippen molar-refractivity contribution in [3.05, 3.63) is 64.8 Å². The third-order valence-electron chi connectivity index (χ3n) is 5.73. The molecule has 0 amide bonds. The Morgan fingerprint density at radius 3 is 2.03 bits per heavy atom. The van der Waals surface area contributed by atoms with Gasteiger partial charge in [0, 0.05) is 18.0 Å². The molecule has 4 aromatic rings. The predicted molar refractivity (Wildman–Crippen MR) is 137 cm³/mol. The maximum atomic E-state index is 13.9. The number of pyridine rings is 1. The molecule has 6 nitrogen and oxygen atoms in total. The van der Waals surface area contributed by atoms with Gasteiger partial charge in [-0.25, -0.2) is 4.98 Å². The Morgan fingerprint density at radius 2 is 1.47 bits per heavy atom. The molecule has 8 heteroatoms. The summed E-state index contributed by atoms with van der Waals surface area (Å²) in [5, 5.41) is 1.85. The average molecular weight is 496 g/mol. The Hall–Kier alpha value is -2.84. The topological polar surface area (TPSA) is 82.0 Å².